The zero-order chi connectivity index (χ0) is 14.0. The molecule has 9 heteroatoms. The lowest BCUT2D eigenvalue weighted by Gasteiger charge is -1.97. The second-order valence-corrected chi connectivity index (χ2v) is 3.33. The van der Waals surface area contributed by atoms with Gasteiger partial charge in [0.05, 0.1) is 18.1 Å². The van der Waals surface area contributed by atoms with Gasteiger partial charge in [-0.25, -0.2) is 9.18 Å². The van der Waals surface area contributed by atoms with Crippen LogP contribution in [-0.2, 0) is 4.74 Å². The largest absolute Gasteiger partial charge is 0.462 e. The van der Waals surface area contributed by atoms with Gasteiger partial charge in [-0.1, -0.05) is 5.16 Å². The summed E-state index contributed by atoms with van der Waals surface area (Å²) in [5.74, 6) is -2.29. The predicted octanol–water partition coefficient (Wildman–Crippen LogP) is 1.57. The number of ether oxygens (including phenoxy) is 1. The Morgan fingerprint density at radius 1 is 1.53 bits per heavy atom. The fraction of sp³-hybridized carbons (Fsp3) is 0.100. The average Bonchev–Trinajstić information content (AvgIpc) is 2.87. The Kier molecular flexibility index (Phi) is 3.19. The maximum absolute atomic E-state index is 13.0. The minimum absolute atomic E-state index is 0.0645. The minimum atomic E-state index is -0.872. The number of halogens is 1. The first kappa shape index (κ1) is 12.6. The molecule has 1 aromatic heterocycles. The van der Waals surface area contributed by atoms with Crippen molar-refractivity contribution in [2.24, 2.45) is 0 Å². The van der Waals surface area contributed by atoms with Gasteiger partial charge in [-0.15, -0.1) is 0 Å². The number of hydrogen-bond donors (Lipinski definition) is 0. The lowest BCUT2D eigenvalue weighted by Crippen LogP contribution is -2.01. The van der Waals surface area contributed by atoms with Gasteiger partial charge in [-0.05, 0) is 12.1 Å². The molecular weight excluding hydrogens is 261 g/mol. The molecular formula is C10H6FN3O5. The second-order valence-electron chi connectivity index (χ2n) is 3.33. The van der Waals surface area contributed by atoms with Crippen LogP contribution in [0.3, 0.4) is 0 Å². The number of aromatic nitrogens is 2. The number of nitro benzene ring substituents is 1. The Hall–Kier alpha value is -2.84. The van der Waals surface area contributed by atoms with Crippen LogP contribution in [0, 0.1) is 15.9 Å². The minimum Gasteiger partial charge on any atom is -0.462 e. The molecule has 0 unspecified atom stereocenters. The molecule has 0 aliphatic rings. The molecule has 0 fully saturated rings. The number of benzene rings is 1. The smallest absolute Gasteiger partial charge is 0.397 e. The van der Waals surface area contributed by atoms with E-state index in [4.69, 9.17) is 0 Å². The van der Waals surface area contributed by atoms with E-state index >= 15 is 0 Å². The van der Waals surface area contributed by atoms with Crippen LogP contribution >= 0.6 is 0 Å². The van der Waals surface area contributed by atoms with E-state index in [1.165, 1.54) is 0 Å². The SMILES string of the molecule is COC(=O)c1nc(-c2ccc(F)cc2[N+](=O)[O-])no1. The Bertz CT molecular complexity index is 654. The molecule has 0 spiro atoms. The first-order valence-electron chi connectivity index (χ1n) is 4.89. The lowest BCUT2D eigenvalue weighted by molar-refractivity contribution is -0.384. The van der Waals surface area contributed by atoms with Crippen LogP contribution < -0.4 is 0 Å². The van der Waals surface area contributed by atoms with E-state index in [9.17, 15) is 19.3 Å². The molecule has 0 radical (unpaired) electrons. The Morgan fingerprint density at radius 3 is 2.89 bits per heavy atom. The number of rotatable bonds is 3. The van der Waals surface area contributed by atoms with Crippen molar-refractivity contribution in [1.82, 2.24) is 10.1 Å². The van der Waals surface area contributed by atoms with Crippen molar-refractivity contribution in [3.05, 3.63) is 40.0 Å². The summed E-state index contributed by atoms with van der Waals surface area (Å²) in [5, 5.41) is 14.2. The van der Waals surface area contributed by atoms with E-state index < -0.39 is 28.3 Å². The summed E-state index contributed by atoms with van der Waals surface area (Å²) >= 11 is 0. The first-order valence-corrected chi connectivity index (χ1v) is 4.89. The molecule has 98 valence electrons. The Labute approximate surface area is 104 Å². The topological polar surface area (TPSA) is 108 Å². The van der Waals surface area contributed by atoms with Crippen molar-refractivity contribution < 1.29 is 23.4 Å². The maximum Gasteiger partial charge on any atom is 0.397 e. The van der Waals surface area contributed by atoms with Crippen LogP contribution in [0.15, 0.2) is 22.7 Å². The van der Waals surface area contributed by atoms with Gasteiger partial charge in [0.25, 0.3) is 5.69 Å². The Balaban J connectivity index is 2.50. The van der Waals surface area contributed by atoms with Crippen LogP contribution in [0.2, 0.25) is 0 Å². The van der Waals surface area contributed by atoms with Crippen molar-refractivity contribution in [2.75, 3.05) is 7.11 Å². The third-order valence-electron chi connectivity index (χ3n) is 2.18. The summed E-state index contributed by atoms with van der Waals surface area (Å²) in [4.78, 5) is 24.8. The highest BCUT2D eigenvalue weighted by Crippen LogP contribution is 2.28. The third kappa shape index (κ3) is 2.39. The third-order valence-corrected chi connectivity index (χ3v) is 2.18. The van der Waals surface area contributed by atoms with Gasteiger partial charge in [0.2, 0.25) is 5.82 Å². The van der Waals surface area contributed by atoms with Crippen LogP contribution in [-0.4, -0.2) is 28.1 Å². The van der Waals surface area contributed by atoms with E-state index in [2.05, 4.69) is 19.4 Å². The average molecular weight is 267 g/mol. The molecule has 0 saturated heterocycles. The summed E-state index contributed by atoms with van der Waals surface area (Å²) in [6.07, 6.45) is 0. The fourth-order valence-corrected chi connectivity index (χ4v) is 1.35. The normalized spacial score (nSPS) is 10.2. The zero-order valence-corrected chi connectivity index (χ0v) is 9.49. The molecule has 2 rings (SSSR count). The van der Waals surface area contributed by atoms with Crippen molar-refractivity contribution in [3.8, 4) is 11.4 Å². The van der Waals surface area contributed by atoms with Crippen LogP contribution in [0.4, 0.5) is 10.1 Å². The summed E-state index contributed by atoms with van der Waals surface area (Å²) in [5.41, 5.74) is -0.595. The van der Waals surface area contributed by atoms with Gasteiger partial charge >= 0.3 is 11.9 Å². The predicted molar refractivity (Wildman–Crippen MR) is 57.7 cm³/mol. The first-order chi connectivity index (χ1) is 9.02. The van der Waals surface area contributed by atoms with Gasteiger partial charge in [-0.2, -0.15) is 4.98 Å². The van der Waals surface area contributed by atoms with Gasteiger partial charge < -0.3 is 9.26 Å². The highest BCUT2D eigenvalue weighted by atomic mass is 19.1. The number of nitrogens with zero attached hydrogens (tertiary/aromatic N) is 3. The molecule has 1 heterocycles. The van der Waals surface area contributed by atoms with E-state index in [1.807, 2.05) is 0 Å². The van der Waals surface area contributed by atoms with E-state index in [-0.39, 0.29) is 11.4 Å². The second kappa shape index (κ2) is 4.80. The van der Waals surface area contributed by atoms with E-state index in [0.717, 1.165) is 25.3 Å². The van der Waals surface area contributed by atoms with Crippen LogP contribution in [0.25, 0.3) is 11.4 Å². The number of hydrogen-bond acceptors (Lipinski definition) is 7. The molecule has 19 heavy (non-hydrogen) atoms. The molecule has 0 amide bonds. The van der Waals surface area contributed by atoms with Crippen molar-refractivity contribution in [2.45, 2.75) is 0 Å². The molecule has 2 aromatic rings. The molecule has 1 aromatic carbocycles. The molecule has 0 atom stereocenters. The highest BCUT2D eigenvalue weighted by molar-refractivity contribution is 5.84. The molecule has 0 N–H and O–H groups in total. The van der Waals surface area contributed by atoms with Crippen molar-refractivity contribution in [1.29, 1.82) is 0 Å². The van der Waals surface area contributed by atoms with Crippen LogP contribution in [0.1, 0.15) is 10.7 Å². The summed E-state index contributed by atoms with van der Waals surface area (Å²) in [6, 6.07) is 2.86. The lowest BCUT2D eigenvalue weighted by atomic mass is 10.1. The van der Waals surface area contributed by atoms with Gasteiger partial charge in [0.15, 0.2) is 0 Å². The van der Waals surface area contributed by atoms with Crippen LogP contribution in [0.5, 0.6) is 0 Å². The number of esters is 1. The van der Waals surface area contributed by atoms with Crippen molar-refractivity contribution in [3.63, 3.8) is 0 Å². The number of carbonyl (C=O) groups is 1. The molecule has 8 nitrogen and oxygen atoms in total. The van der Waals surface area contributed by atoms with Crippen molar-refractivity contribution >= 4 is 11.7 Å². The van der Waals surface area contributed by atoms with Gasteiger partial charge in [-0.3, -0.25) is 10.1 Å². The van der Waals surface area contributed by atoms with Gasteiger partial charge in [0.1, 0.15) is 11.4 Å². The molecule has 0 aliphatic heterocycles. The summed E-state index contributed by atoms with van der Waals surface area (Å²) in [6.45, 7) is 0. The molecule has 0 bridgehead atoms. The van der Waals surface area contributed by atoms with E-state index in [0.29, 0.717) is 0 Å². The number of nitro groups is 1. The van der Waals surface area contributed by atoms with E-state index in [1.54, 1.807) is 0 Å². The zero-order valence-electron chi connectivity index (χ0n) is 9.49. The summed E-state index contributed by atoms with van der Waals surface area (Å²) in [7, 11) is 1.12. The number of carbonyl (C=O) groups excluding carboxylic acids is 1. The maximum atomic E-state index is 13.0. The number of methoxy groups -OCH3 is 1. The highest BCUT2D eigenvalue weighted by Gasteiger charge is 2.23. The summed E-state index contributed by atoms with van der Waals surface area (Å²) < 4.78 is 21.9. The fourth-order valence-electron chi connectivity index (χ4n) is 1.35. The van der Waals surface area contributed by atoms with Gasteiger partial charge in [0, 0.05) is 0 Å². The quantitative estimate of drug-likeness (QED) is 0.471. The molecule has 0 saturated carbocycles. The standard InChI is InChI=1S/C10H6FN3O5/c1-18-10(15)9-12-8(13-19-9)6-3-2-5(11)4-7(6)14(16)17/h2-4H,1H3. The Morgan fingerprint density at radius 2 is 2.26 bits per heavy atom. The molecule has 0 aliphatic carbocycles. The monoisotopic (exact) mass is 267 g/mol.